The first-order valence-corrected chi connectivity index (χ1v) is 5.05. The number of halogens is 1. The Morgan fingerprint density at radius 2 is 2.31 bits per heavy atom. The number of amides is 1. The van der Waals surface area contributed by atoms with E-state index in [1.54, 1.807) is 0 Å². The summed E-state index contributed by atoms with van der Waals surface area (Å²) >= 11 is 0. The second-order valence-electron chi connectivity index (χ2n) is 3.85. The molecule has 0 saturated heterocycles. The summed E-state index contributed by atoms with van der Waals surface area (Å²) in [6.07, 6.45) is 3.64. The number of carbonyl (C=O) groups excluding carboxylic acids is 1. The molecule has 2 unspecified atom stereocenters. The van der Waals surface area contributed by atoms with E-state index < -0.39 is 0 Å². The molecule has 0 radical (unpaired) electrons. The summed E-state index contributed by atoms with van der Waals surface area (Å²) in [6.45, 7) is 0. The van der Waals surface area contributed by atoms with Gasteiger partial charge >= 0.3 is 0 Å². The lowest BCUT2D eigenvalue weighted by molar-refractivity contribution is -0.120. The van der Waals surface area contributed by atoms with Gasteiger partial charge in [0.05, 0.1) is 0 Å². The van der Waals surface area contributed by atoms with Crippen LogP contribution in [0.4, 0.5) is 5.95 Å². The highest BCUT2D eigenvalue weighted by Crippen LogP contribution is 2.23. The summed E-state index contributed by atoms with van der Waals surface area (Å²) < 4.78 is 0. The Kier molecular flexibility index (Phi) is 4.63. The number of H-pyrrole nitrogens is 1. The van der Waals surface area contributed by atoms with Crippen LogP contribution >= 0.6 is 12.4 Å². The van der Waals surface area contributed by atoms with Crippen molar-refractivity contribution in [2.45, 2.75) is 31.7 Å². The average Bonchev–Trinajstić information content (AvgIpc) is 2.70. The lowest BCUT2D eigenvalue weighted by Gasteiger charge is -2.24. The quantitative estimate of drug-likeness (QED) is 0.685. The fourth-order valence-corrected chi connectivity index (χ4v) is 1.89. The maximum atomic E-state index is 11.7. The summed E-state index contributed by atoms with van der Waals surface area (Å²) in [5.41, 5.74) is 5.81. The molecule has 1 aliphatic carbocycles. The zero-order valence-corrected chi connectivity index (χ0v) is 9.54. The third-order valence-corrected chi connectivity index (χ3v) is 2.67. The molecule has 2 rings (SSSR count). The lowest BCUT2D eigenvalue weighted by atomic mass is 9.85. The Morgan fingerprint density at radius 1 is 1.50 bits per heavy atom. The molecule has 7 nitrogen and oxygen atoms in total. The van der Waals surface area contributed by atoms with Gasteiger partial charge in [0.2, 0.25) is 5.91 Å². The molecule has 1 fully saturated rings. The van der Waals surface area contributed by atoms with Crippen molar-refractivity contribution in [3.63, 3.8) is 0 Å². The standard InChI is InChI=1S/C8H14N6O.ClH/c9-6-3-1-2-5(4-6)7(15)10-8-11-13-14-12-8;/h5-6H,1-4,9H2,(H2,10,11,12,13,14,15);1H. The van der Waals surface area contributed by atoms with Crippen LogP contribution in [0.1, 0.15) is 25.7 Å². The van der Waals surface area contributed by atoms with Gasteiger partial charge in [0, 0.05) is 12.0 Å². The predicted octanol–water partition coefficient (Wildman–Crippen LogP) is 0.0775. The van der Waals surface area contributed by atoms with Crippen LogP contribution in [0, 0.1) is 5.92 Å². The van der Waals surface area contributed by atoms with Gasteiger partial charge in [-0.1, -0.05) is 11.5 Å². The molecule has 1 heterocycles. The van der Waals surface area contributed by atoms with Gasteiger partial charge in [0.1, 0.15) is 0 Å². The van der Waals surface area contributed by atoms with Crippen LogP contribution in [-0.4, -0.2) is 32.6 Å². The van der Waals surface area contributed by atoms with Crippen LogP contribution in [-0.2, 0) is 4.79 Å². The van der Waals surface area contributed by atoms with Gasteiger partial charge in [0.25, 0.3) is 5.95 Å². The van der Waals surface area contributed by atoms with Crippen molar-refractivity contribution in [3.05, 3.63) is 0 Å². The summed E-state index contributed by atoms with van der Waals surface area (Å²) in [5.74, 6) is 0.137. The molecule has 1 aliphatic rings. The smallest absolute Gasteiger partial charge is 0.269 e. The number of aromatic nitrogens is 4. The minimum atomic E-state index is -0.0634. The average molecular weight is 247 g/mol. The second-order valence-corrected chi connectivity index (χ2v) is 3.85. The monoisotopic (exact) mass is 246 g/mol. The molecule has 0 aromatic carbocycles. The Hall–Kier alpha value is -1.21. The molecule has 1 aromatic heterocycles. The van der Waals surface area contributed by atoms with E-state index in [4.69, 9.17) is 5.73 Å². The van der Waals surface area contributed by atoms with E-state index in [1.165, 1.54) is 0 Å². The van der Waals surface area contributed by atoms with Gasteiger partial charge in [-0.3, -0.25) is 10.1 Å². The molecule has 4 N–H and O–H groups in total. The first kappa shape index (κ1) is 12.9. The van der Waals surface area contributed by atoms with E-state index in [1.807, 2.05) is 0 Å². The van der Waals surface area contributed by atoms with Crippen LogP contribution in [0.25, 0.3) is 0 Å². The lowest BCUT2D eigenvalue weighted by Crippen LogP contribution is -2.34. The molecule has 0 aliphatic heterocycles. The topological polar surface area (TPSA) is 110 Å². The van der Waals surface area contributed by atoms with E-state index in [9.17, 15) is 4.79 Å². The van der Waals surface area contributed by atoms with Crippen molar-refractivity contribution in [2.75, 3.05) is 5.32 Å². The predicted molar refractivity (Wildman–Crippen MR) is 60.0 cm³/mol. The largest absolute Gasteiger partial charge is 0.328 e. The minimum Gasteiger partial charge on any atom is -0.328 e. The number of hydrogen-bond acceptors (Lipinski definition) is 5. The van der Waals surface area contributed by atoms with Gasteiger partial charge in [-0.15, -0.1) is 17.5 Å². The molecule has 1 amide bonds. The molecule has 1 aromatic rings. The number of nitrogens with two attached hydrogens (primary N) is 1. The highest BCUT2D eigenvalue weighted by Gasteiger charge is 2.25. The Balaban J connectivity index is 0.00000128. The van der Waals surface area contributed by atoms with Crippen molar-refractivity contribution in [2.24, 2.45) is 11.7 Å². The first-order chi connectivity index (χ1) is 7.25. The third kappa shape index (κ3) is 3.14. The zero-order chi connectivity index (χ0) is 10.7. The third-order valence-electron chi connectivity index (χ3n) is 2.67. The number of aromatic amines is 1. The van der Waals surface area contributed by atoms with Gasteiger partial charge in [-0.25, -0.2) is 0 Å². The molecular weight excluding hydrogens is 232 g/mol. The first-order valence-electron chi connectivity index (χ1n) is 5.05. The highest BCUT2D eigenvalue weighted by atomic mass is 35.5. The molecule has 0 spiro atoms. The molecule has 0 bridgehead atoms. The van der Waals surface area contributed by atoms with Crippen molar-refractivity contribution in [1.82, 2.24) is 20.6 Å². The number of tetrazole rings is 1. The number of hydrogen-bond donors (Lipinski definition) is 3. The van der Waals surface area contributed by atoms with E-state index in [2.05, 4.69) is 25.9 Å². The van der Waals surface area contributed by atoms with Crippen LogP contribution in [0.3, 0.4) is 0 Å². The van der Waals surface area contributed by atoms with Crippen LogP contribution in [0.15, 0.2) is 0 Å². The Labute approximate surface area is 99.0 Å². The number of nitrogens with one attached hydrogen (secondary N) is 2. The zero-order valence-electron chi connectivity index (χ0n) is 8.72. The van der Waals surface area contributed by atoms with E-state index in [0.717, 1.165) is 25.7 Å². The fraction of sp³-hybridized carbons (Fsp3) is 0.750. The van der Waals surface area contributed by atoms with Crippen molar-refractivity contribution in [3.8, 4) is 0 Å². The van der Waals surface area contributed by atoms with Crippen molar-refractivity contribution >= 4 is 24.3 Å². The highest BCUT2D eigenvalue weighted by molar-refractivity contribution is 5.90. The molecule has 90 valence electrons. The number of nitrogens with zero attached hydrogens (tertiary/aromatic N) is 3. The van der Waals surface area contributed by atoms with Gasteiger partial charge < -0.3 is 5.73 Å². The molecule has 2 atom stereocenters. The van der Waals surface area contributed by atoms with Gasteiger partial charge in [-0.2, -0.15) is 5.21 Å². The molecular formula is C8H15ClN6O. The summed E-state index contributed by atoms with van der Waals surface area (Å²) in [5, 5.41) is 15.6. The second kappa shape index (κ2) is 5.76. The van der Waals surface area contributed by atoms with E-state index >= 15 is 0 Å². The number of anilines is 1. The molecule has 1 saturated carbocycles. The number of carbonyl (C=O) groups is 1. The van der Waals surface area contributed by atoms with E-state index in [-0.39, 0.29) is 36.2 Å². The SMILES string of the molecule is Cl.NC1CCCC(C(=O)Nc2nn[nH]n2)C1. The van der Waals surface area contributed by atoms with Gasteiger partial charge in [0.15, 0.2) is 0 Å². The normalized spacial score (nSPS) is 24.6. The summed E-state index contributed by atoms with van der Waals surface area (Å²) in [6, 6.07) is 0.139. The maximum absolute atomic E-state index is 11.7. The van der Waals surface area contributed by atoms with Crippen molar-refractivity contribution in [1.29, 1.82) is 0 Å². The summed E-state index contributed by atoms with van der Waals surface area (Å²) in [4.78, 5) is 11.7. The van der Waals surface area contributed by atoms with Crippen LogP contribution < -0.4 is 11.1 Å². The fourth-order valence-electron chi connectivity index (χ4n) is 1.89. The molecule has 8 heteroatoms. The minimum absolute atomic E-state index is 0. The molecule has 16 heavy (non-hydrogen) atoms. The van der Waals surface area contributed by atoms with Crippen LogP contribution in [0.5, 0.6) is 0 Å². The van der Waals surface area contributed by atoms with Crippen molar-refractivity contribution < 1.29 is 4.79 Å². The van der Waals surface area contributed by atoms with Gasteiger partial charge in [-0.05, 0) is 24.5 Å². The van der Waals surface area contributed by atoms with Crippen LogP contribution in [0.2, 0.25) is 0 Å². The maximum Gasteiger partial charge on any atom is 0.269 e. The number of rotatable bonds is 2. The Bertz CT molecular complexity index is 329. The summed E-state index contributed by atoms with van der Waals surface area (Å²) in [7, 11) is 0. The van der Waals surface area contributed by atoms with E-state index in [0.29, 0.717) is 0 Å². The Morgan fingerprint density at radius 3 is 2.94 bits per heavy atom.